The van der Waals surface area contributed by atoms with Crippen LogP contribution in [0, 0.1) is 0 Å². The maximum Gasteiger partial charge on any atom is 0.236 e. The molecule has 1 saturated heterocycles. The quantitative estimate of drug-likeness (QED) is 0.492. The van der Waals surface area contributed by atoms with Gasteiger partial charge in [0.15, 0.2) is 5.16 Å². The second kappa shape index (κ2) is 9.33. The maximum atomic E-state index is 12.2. The average molecular weight is 408 g/mol. The van der Waals surface area contributed by atoms with Crippen molar-refractivity contribution >= 4 is 35.0 Å². The Kier molecular flexibility index (Phi) is 6.16. The average Bonchev–Trinajstić information content (AvgIpc) is 2.79. The molecule has 0 radical (unpaired) electrons. The lowest BCUT2D eigenvalue weighted by Crippen LogP contribution is -2.46. The van der Waals surface area contributed by atoms with Gasteiger partial charge in [-0.2, -0.15) is 0 Å². The molecule has 148 valence electrons. The van der Waals surface area contributed by atoms with Crippen LogP contribution in [0.15, 0.2) is 66.3 Å². The van der Waals surface area contributed by atoms with Crippen molar-refractivity contribution in [3.8, 4) is 0 Å². The zero-order chi connectivity index (χ0) is 19.9. The summed E-state index contributed by atoms with van der Waals surface area (Å²) in [5.41, 5.74) is 1.24. The molecule has 1 fully saturated rings. The van der Waals surface area contributed by atoms with Gasteiger partial charge in [-0.05, 0) is 18.2 Å². The van der Waals surface area contributed by atoms with Crippen LogP contribution < -0.4 is 15.1 Å². The molecule has 9 heteroatoms. The van der Waals surface area contributed by atoms with Gasteiger partial charge in [0.2, 0.25) is 5.91 Å². The Bertz CT molecular complexity index is 934. The summed E-state index contributed by atoms with van der Waals surface area (Å²) in [5, 5.41) is 3.39. The first-order chi connectivity index (χ1) is 14.3. The van der Waals surface area contributed by atoms with E-state index in [1.807, 2.05) is 12.1 Å². The lowest BCUT2D eigenvalue weighted by Gasteiger charge is -2.36. The van der Waals surface area contributed by atoms with Gasteiger partial charge in [0, 0.05) is 50.3 Å². The van der Waals surface area contributed by atoms with Crippen LogP contribution in [0.1, 0.15) is 0 Å². The number of piperazine rings is 1. The Morgan fingerprint density at radius 3 is 2.41 bits per heavy atom. The molecule has 0 spiro atoms. The number of amides is 1. The number of rotatable bonds is 6. The number of anilines is 3. The van der Waals surface area contributed by atoms with Crippen molar-refractivity contribution in [3.05, 3.63) is 61.2 Å². The molecule has 29 heavy (non-hydrogen) atoms. The topological polar surface area (TPSA) is 87.1 Å². The van der Waals surface area contributed by atoms with Crippen molar-refractivity contribution < 1.29 is 4.79 Å². The van der Waals surface area contributed by atoms with Gasteiger partial charge in [0.05, 0.1) is 5.75 Å². The van der Waals surface area contributed by atoms with E-state index >= 15 is 0 Å². The fourth-order valence-electron chi connectivity index (χ4n) is 3.09. The van der Waals surface area contributed by atoms with Crippen LogP contribution in [0.25, 0.3) is 0 Å². The first-order valence-electron chi connectivity index (χ1n) is 9.34. The van der Waals surface area contributed by atoms with E-state index in [-0.39, 0.29) is 11.7 Å². The third kappa shape index (κ3) is 5.20. The molecule has 0 unspecified atom stereocenters. The van der Waals surface area contributed by atoms with E-state index in [1.54, 1.807) is 18.5 Å². The molecule has 4 rings (SSSR count). The molecule has 8 nitrogen and oxygen atoms in total. The summed E-state index contributed by atoms with van der Waals surface area (Å²) < 4.78 is 0. The molecule has 0 atom stereocenters. The van der Waals surface area contributed by atoms with Crippen LogP contribution in [0.5, 0.6) is 0 Å². The Hall–Kier alpha value is -3.20. The maximum absolute atomic E-state index is 12.2. The van der Waals surface area contributed by atoms with Gasteiger partial charge >= 0.3 is 0 Å². The van der Waals surface area contributed by atoms with Crippen LogP contribution in [0.3, 0.4) is 0 Å². The zero-order valence-corrected chi connectivity index (χ0v) is 16.6. The molecular weight excluding hydrogens is 386 g/mol. The van der Waals surface area contributed by atoms with E-state index in [0.717, 1.165) is 32.0 Å². The van der Waals surface area contributed by atoms with E-state index in [9.17, 15) is 4.79 Å². The van der Waals surface area contributed by atoms with Crippen molar-refractivity contribution in [2.24, 2.45) is 0 Å². The number of carbonyl (C=O) groups is 1. The molecule has 1 aromatic carbocycles. The smallest absolute Gasteiger partial charge is 0.236 e. The highest BCUT2D eigenvalue weighted by Crippen LogP contribution is 2.20. The fourth-order valence-corrected chi connectivity index (χ4v) is 3.69. The second-order valence-electron chi connectivity index (χ2n) is 6.44. The van der Waals surface area contributed by atoms with Crippen molar-refractivity contribution in [1.29, 1.82) is 0 Å². The van der Waals surface area contributed by atoms with E-state index in [0.29, 0.717) is 11.0 Å². The molecule has 3 aromatic rings. The molecule has 1 amide bonds. The summed E-state index contributed by atoms with van der Waals surface area (Å²) in [6.07, 6.45) is 4.80. The van der Waals surface area contributed by atoms with Gasteiger partial charge < -0.3 is 15.1 Å². The molecule has 0 bridgehead atoms. The van der Waals surface area contributed by atoms with Crippen LogP contribution in [-0.4, -0.2) is 57.8 Å². The van der Waals surface area contributed by atoms with Gasteiger partial charge in [0.1, 0.15) is 18.0 Å². The number of aromatic nitrogens is 4. The Morgan fingerprint density at radius 1 is 0.931 bits per heavy atom. The van der Waals surface area contributed by atoms with Gasteiger partial charge in [-0.3, -0.25) is 4.79 Å². The van der Waals surface area contributed by atoms with E-state index in [4.69, 9.17) is 0 Å². The summed E-state index contributed by atoms with van der Waals surface area (Å²) in [6.45, 7) is 3.56. The minimum atomic E-state index is -0.152. The fraction of sp³-hybridized carbons (Fsp3) is 0.250. The summed E-state index contributed by atoms with van der Waals surface area (Å²) in [5.74, 6) is 1.39. The summed E-state index contributed by atoms with van der Waals surface area (Å²) in [7, 11) is 0. The first kappa shape index (κ1) is 19.1. The third-order valence-corrected chi connectivity index (χ3v) is 5.40. The van der Waals surface area contributed by atoms with E-state index < -0.39 is 0 Å². The van der Waals surface area contributed by atoms with E-state index in [1.165, 1.54) is 23.8 Å². The number of nitrogens with one attached hydrogen (secondary N) is 1. The third-order valence-electron chi connectivity index (χ3n) is 4.52. The number of thioether (sulfide) groups is 1. The molecular formula is C20H21N7OS. The Morgan fingerprint density at radius 2 is 1.66 bits per heavy atom. The molecule has 1 aliphatic rings. The van der Waals surface area contributed by atoms with Crippen molar-refractivity contribution in [3.63, 3.8) is 0 Å². The highest BCUT2D eigenvalue weighted by Gasteiger charge is 2.19. The van der Waals surface area contributed by atoms with Crippen LogP contribution in [0.4, 0.5) is 17.3 Å². The number of nitrogens with zero attached hydrogens (tertiary/aromatic N) is 6. The van der Waals surface area contributed by atoms with Crippen LogP contribution >= 0.6 is 11.8 Å². The predicted octanol–water partition coefficient (Wildman–Crippen LogP) is 2.32. The lowest BCUT2D eigenvalue weighted by molar-refractivity contribution is -0.113. The van der Waals surface area contributed by atoms with Crippen LogP contribution in [0.2, 0.25) is 0 Å². The normalized spacial score (nSPS) is 13.9. The van der Waals surface area contributed by atoms with Gasteiger partial charge in [-0.1, -0.05) is 30.0 Å². The second-order valence-corrected chi connectivity index (χ2v) is 7.38. The van der Waals surface area contributed by atoms with Gasteiger partial charge in [0.25, 0.3) is 0 Å². The number of carbonyl (C=O) groups excluding carboxylic acids is 1. The number of benzene rings is 1. The van der Waals surface area contributed by atoms with E-state index in [2.05, 4.69) is 59.3 Å². The Balaban J connectivity index is 1.31. The summed E-state index contributed by atoms with van der Waals surface area (Å²) >= 11 is 1.28. The lowest BCUT2D eigenvalue weighted by atomic mass is 10.2. The molecule has 2 aromatic heterocycles. The highest BCUT2D eigenvalue weighted by molar-refractivity contribution is 7.99. The van der Waals surface area contributed by atoms with Crippen molar-refractivity contribution in [2.75, 3.05) is 47.0 Å². The monoisotopic (exact) mass is 407 g/mol. The molecule has 0 aliphatic carbocycles. The van der Waals surface area contributed by atoms with Crippen LogP contribution in [-0.2, 0) is 4.79 Å². The molecule has 1 aliphatic heterocycles. The SMILES string of the molecule is O=C(CSc1ncccn1)Nc1cc(N2CCN(c3ccccc3)CC2)ncn1. The standard InChI is InChI=1S/C20H21N7OS/c28-19(14-29-20-21-7-4-8-22-20)25-17-13-18(24-15-23-17)27-11-9-26(10-12-27)16-5-2-1-3-6-16/h1-8,13,15H,9-12,14H2,(H,23,24,25,28). The number of para-hydroxylation sites is 1. The molecule has 0 saturated carbocycles. The highest BCUT2D eigenvalue weighted by atomic mass is 32.2. The predicted molar refractivity (Wildman–Crippen MR) is 114 cm³/mol. The molecule has 1 N–H and O–H groups in total. The molecule has 3 heterocycles. The first-order valence-corrected chi connectivity index (χ1v) is 10.3. The number of hydrogen-bond donors (Lipinski definition) is 1. The van der Waals surface area contributed by atoms with Gasteiger partial charge in [-0.15, -0.1) is 0 Å². The summed E-state index contributed by atoms with van der Waals surface area (Å²) in [6, 6.07) is 14.0. The van der Waals surface area contributed by atoms with Crippen molar-refractivity contribution in [1.82, 2.24) is 19.9 Å². The summed E-state index contributed by atoms with van der Waals surface area (Å²) in [4.78, 5) is 33.5. The Labute approximate surface area is 173 Å². The minimum absolute atomic E-state index is 0.152. The largest absolute Gasteiger partial charge is 0.368 e. The number of hydrogen-bond acceptors (Lipinski definition) is 8. The minimum Gasteiger partial charge on any atom is -0.368 e. The zero-order valence-electron chi connectivity index (χ0n) is 15.8. The van der Waals surface area contributed by atoms with Crippen molar-refractivity contribution in [2.45, 2.75) is 5.16 Å². The van der Waals surface area contributed by atoms with Gasteiger partial charge in [-0.25, -0.2) is 19.9 Å².